The zero-order chi connectivity index (χ0) is 14.4. The van der Waals surface area contributed by atoms with Crippen molar-refractivity contribution in [3.63, 3.8) is 0 Å². The Kier molecular flexibility index (Phi) is 5.24. The Morgan fingerprint density at radius 2 is 1.95 bits per heavy atom. The zero-order valence-corrected chi connectivity index (χ0v) is 11.7. The van der Waals surface area contributed by atoms with Gasteiger partial charge in [0, 0.05) is 5.56 Å². The first-order valence-electron chi connectivity index (χ1n) is 7.06. The topological polar surface area (TPSA) is 48.2 Å². The molecular formula is C15H20FN3O. The molecule has 108 valence electrons. The lowest BCUT2D eigenvalue weighted by Gasteiger charge is -2.24. The van der Waals surface area contributed by atoms with E-state index in [4.69, 9.17) is 0 Å². The van der Waals surface area contributed by atoms with E-state index in [9.17, 15) is 9.60 Å². The number of unbranched alkanes of at least 4 members (excludes halogenated alkanes) is 3. The second-order valence-electron chi connectivity index (χ2n) is 4.95. The Bertz CT molecular complexity index is 484. The normalized spacial score (nSPS) is 18.2. The van der Waals surface area contributed by atoms with E-state index in [1.165, 1.54) is 25.0 Å². The van der Waals surface area contributed by atoms with Gasteiger partial charge in [0.2, 0.25) is 0 Å². The second kappa shape index (κ2) is 7.14. The first-order chi connectivity index (χ1) is 9.70. The molecule has 1 heterocycles. The summed E-state index contributed by atoms with van der Waals surface area (Å²) in [7, 11) is 0. The van der Waals surface area contributed by atoms with Crippen LogP contribution in [0.5, 0.6) is 0 Å². The van der Waals surface area contributed by atoms with Crippen LogP contribution in [0.1, 0.15) is 44.6 Å². The van der Waals surface area contributed by atoms with Crippen LogP contribution in [0.25, 0.3) is 5.70 Å². The number of halogens is 1. The quantitative estimate of drug-likeness (QED) is 0.774. The summed E-state index contributed by atoms with van der Waals surface area (Å²) >= 11 is 0. The van der Waals surface area contributed by atoms with Gasteiger partial charge < -0.3 is 0 Å². The molecule has 1 N–H and O–H groups in total. The summed E-state index contributed by atoms with van der Waals surface area (Å²) in [6.07, 6.45) is 6.57. The van der Waals surface area contributed by atoms with Crippen LogP contribution in [-0.4, -0.2) is 16.4 Å². The van der Waals surface area contributed by atoms with E-state index in [0.717, 1.165) is 29.9 Å². The highest BCUT2D eigenvalue weighted by Crippen LogP contribution is 2.24. The van der Waals surface area contributed by atoms with Gasteiger partial charge in [-0.25, -0.2) is 9.45 Å². The summed E-state index contributed by atoms with van der Waals surface area (Å²) in [5.41, 5.74) is 1.27. The SMILES string of the molecule is CCCCCCC1N=NC(c2ccc(F)cc2)=CN1O. The van der Waals surface area contributed by atoms with Crippen molar-refractivity contribution in [1.29, 1.82) is 0 Å². The highest BCUT2D eigenvalue weighted by Gasteiger charge is 2.18. The van der Waals surface area contributed by atoms with E-state index in [1.54, 1.807) is 18.3 Å². The molecule has 1 atom stereocenters. The maximum atomic E-state index is 12.9. The Morgan fingerprint density at radius 3 is 2.60 bits per heavy atom. The first kappa shape index (κ1) is 14.7. The minimum absolute atomic E-state index is 0.295. The molecule has 0 aromatic heterocycles. The van der Waals surface area contributed by atoms with Crippen molar-refractivity contribution in [2.75, 3.05) is 0 Å². The van der Waals surface area contributed by atoms with Gasteiger partial charge in [0.25, 0.3) is 0 Å². The molecule has 1 aromatic carbocycles. The smallest absolute Gasteiger partial charge is 0.166 e. The minimum Gasteiger partial charge on any atom is -0.287 e. The lowest BCUT2D eigenvalue weighted by Crippen LogP contribution is -2.27. The van der Waals surface area contributed by atoms with Crippen molar-refractivity contribution in [3.8, 4) is 0 Å². The van der Waals surface area contributed by atoms with Crippen LogP contribution in [0.2, 0.25) is 0 Å². The van der Waals surface area contributed by atoms with E-state index in [0.29, 0.717) is 5.70 Å². The number of hydroxylamine groups is 2. The predicted molar refractivity (Wildman–Crippen MR) is 75.4 cm³/mol. The molecule has 0 bridgehead atoms. The summed E-state index contributed by atoms with van der Waals surface area (Å²) in [6, 6.07) is 5.97. The van der Waals surface area contributed by atoms with Crippen LogP contribution in [0, 0.1) is 5.82 Å². The van der Waals surface area contributed by atoms with Gasteiger partial charge in [-0.05, 0) is 37.1 Å². The molecule has 1 aromatic rings. The summed E-state index contributed by atoms with van der Waals surface area (Å²) in [5.74, 6) is -0.295. The van der Waals surface area contributed by atoms with Gasteiger partial charge in [-0.15, -0.1) is 0 Å². The molecule has 2 rings (SSSR count). The molecule has 0 radical (unpaired) electrons. The Hall–Kier alpha value is -1.75. The van der Waals surface area contributed by atoms with E-state index >= 15 is 0 Å². The third-order valence-electron chi connectivity index (χ3n) is 3.31. The number of rotatable bonds is 6. The number of benzene rings is 1. The highest BCUT2D eigenvalue weighted by molar-refractivity contribution is 5.63. The molecule has 0 fully saturated rings. The van der Waals surface area contributed by atoms with E-state index in [2.05, 4.69) is 17.2 Å². The molecule has 5 heteroatoms. The molecular weight excluding hydrogens is 257 g/mol. The lowest BCUT2D eigenvalue weighted by molar-refractivity contribution is -0.0831. The average molecular weight is 277 g/mol. The average Bonchev–Trinajstić information content (AvgIpc) is 2.46. The molecule has 0 saturated heterocycles. The van der Waals surface area contributed by atoms with E-state index in [1.807, 2.05) is 0 Å². The summed E-state index contributed by atoms with van der Waals surface area (Å²) in [6.45, 7) is 2.16. The fraction of sp³-hybridized carbons (Fsp3) is 0.467. The van der Waals surface area contributed by atoms with Crippen LogP contribution < -0.4 is 0 Å². The molecule has 20 heavy (non-hydrogen) atoms. The summed E-state index contributed by atoms with van der Waals surface area (Å²) in [4.78, 5) is 0. The van der Waals surface area contributed by atoms with Crippen molar-refractivity contribution in [2.24, 2.45) is 10.2 Å². The van der Waals surface area contributed by atoms with Crippen LogP contribution in [0.3, 0.4) is 0 Å². The van der Waals surface area contributed by atoms with Gasteiger partial charge in [-0.2, -0.15) is 10.2 Å². The minimum atomic E-state index is -0.309. The third-order valence-corrected chi connectivity index (χ3v) is 3.31. The van der Waals surface area contributed by atoms with Gasteiger partial charge in [-0.1, -0.05) is 26.2 Å². The number of hydrogen-bond acceptors (Lipinski definition) is 4. The molecule has 1 unspecified atom stereocenters. The van der Waals surface area contributed by atoms with Gasteiger partial charge in [0.05, 0.1) is 6.20 Å². The molecule has 1 aliphatic rings. The molecule has 4 nitrogen and oxygen atoms in total. The number of hydrogen-bond donors (Lipinski definition) is 1. The second-order valence-corrected chi connectivity index (χ2v) is 4.95. The number of nitrogens with zero attached hydrogens (tertiary/aromatic N) is 3. The van der Waals surface area contributed by atoms with Crippen molar-refractivity contribution in [3.05, 3.63) is 41.8 Å². The molecule has 0 saturated carbocycles. The van der Waals surface area contributed by atoms with Crippen LogP contribution in [0.15, 0.2) is 40.7 Å². The first-order valence-corrected chi connectivity index (χ1v) is 7.06. The molecule has 1 aliphatic heterocycles. The summed E-state index contributed by atoms with van der Waals surface area (Å²) in [5, 5.41) is 19.3. The Balaban J connectivity index is 1.93. The van der Waals surface area contributed by atoms with Crippen molar-refractivity contribution < 1.29 is 9.60 Å². The monoisotopic (exact) mass is 277 g/mol. The summed E-state index contributed by atoms with van der Waals surface area (Å²) < 4.78 is 12.9. The fourth-order valence-corrected chi connectivity index (χ4v) is 2.12. The van der Waals surface area contributed by atoms with Crippen molar-refractivity contribution >= 4 is 5.70 Å². The van der Waals surface area contributed by atoms with Crippen LogP contribution in [-0.2, 0) is 0 Å². The van der Waals surface area contributed by atoms with Crippen molar-refractivity contribution in [1.82, 2.24) is 5.06 Å². The van der Waals surface area contributed by atoms with Gasteiger partial charge in [0.1, 0.15) is 11.5 Å². The van der Waals surface area contributed by atoms with E-state index < -0.39 is 0 Å². The molecule has 0 amide bonds. The molecule has 0 aliphatic carbocycles. The lowest BCUT2D eigenvalue weighted by atomic mass is 10.1. The van der Waals surface area contributed by atoms with E-state index in [-0.39, 0.29) is 12.0 Å². The standard InChI is InChI=1S/C15H20FN3O/c1-2-3-4-5-6-15-18-17-14(11-19(15)20)12-7-9-13(16)10-8-12/h7-11,15,20H,2-6H2,1H3. The maximum Gasteiger partial charge on any atom is 0.166 e. The predicted octanol–water partition coefficient (Wildman–Crippen LogP) is 4.58. The van der Waals surface area contributed by atoms with Crippen LogP contribution in [0.4, 0.5) is 4.39 Å². The van der Waals surface area contributed by atoms with Gasteiger partial charge in [-0.3, -0.25) is 5.21 Å². The van der Waals surface area contributed by atoms with Crippen LogP contribution >= 0.6 is 0 Å². The number of azo groups is 1. The van der Waals surface area contributed by atoms with Gasteiger partial charge in [0.15, 0.2) is 6.17 Å². The third kappa shape index (κ3) is 3.87. The van der Waals surface area contributed by atoms with Gasteiger partial charge >= 0.3 is 0 Å². The maximum absolute atomic E-state index is 12.9. The highest BCUT2D eigenvalue weighted by atomic mass is 19.1. The Labute approximate surface area is 118 Å². The largest absolute Gasteiger partial charge is 0.287 e. The Morgan fingerprint density at radius 1 is 1.20 bits per heavy atom. The zero-order valence-electron chi connectivity index (χ0n) is 11.7. The molecule has 0 spiro atoms. The fourth-order valence-electron chi connectivity index (χ4n) is 2.12. The van der Waals surface area contributed by atoms with Crippen molar-refractivity contribution in [2.45, 2.75) is 45.2 Å².